The van der Waals surface area contributed by atoms with Crippen molar-refractivity contribution in [3.8, 4) is 39.1 Å². The van der Waals surface area contributed by atoms with Gasteiger partial charge >= 0.3 is 0 Å². The van der Waals surface area contributed by atoms with Crippen molar-refractivity contribution in [2.24, 2.45) is 0 Å². The van der Waals surface area contributed by atoms with Crippen LogP contribution in [0.2, 0.25) is 0 Å². The molecule has 1 aromatic heterocycles. The van der Waals surface area contributed by atoms with E-state index in [1.165, 1.54) is 71.2 Å². The van der Waals surface area contributed by atoms with Crippen LogP contribution in [0.4, 0.5) is 17.1 Å². The topological polar surface area (TPSA) is 8.17 Å². The zero-order chi connectivity index (χ0) is 38.4. The van der Waals surface area contributed by atoms with E-state index < -0.39 is 0 Å². The summed E-state index contributed by atoms with van der Waals surface area (Å²) in [5.74, 6) is 0. The molecule has 0 atom stereocenters. The standard InChI is InChI=1S/C56H38N2/c1-2-16-40(17-3-1)49-37-34-43(46-27-14-20-39-18-4-6-22-45(39)46)38-56(49)57(52-31-15-21-41-19-5-7-23-47(41)52)44-35-32-42(33-36-44)48-24-8-11-28-53(48)58-54-29-12-9-25-50(54)51-26-10-13-30-55(51)58/h1-38H. The average molecular weight is 739 g/mol. The van der Waals surface area contributed by atoms with Crippen LogP contribution < -0.4 is 4.90 Å². The summed E-state index contributed by atoms with van der Waals surface area (Å²) in [6.45, 7) is 0. The second kappa shape index (κ2) is 14.1. The van der Waals surface area contributed by atoms with E-state index in [0.717, 1.165) is 28.3 Å². The predicted molar refractivity (Wildman–Crippen MR) is 247 cm³/mol. The molecule has 272 valence electrons. The molecule has 0 aliphatic carbocycles. The monoisotopic (exact) mass is 738 g/mol. The van der Waals surface area contributed by atoms with Gasteiger partial charge in [-0.15, -0.1) is 0 Å². The van der Waals surface area contributed by atoms with Crippen molar-refractivity contribution in [1.82, 2.24) is 4.57 Å². The minimum atomic E-state index is 1.08. The molecule has 0 aliphatic rings. The molecule has 0 fully saturated rings. The number of aromatic nitrogens is 1. The molecule has 0 bridgehead atoms. The first-order chi connectivity index (χ1) is 28.8. The van der Waals surface area contributed by atoms with Gasteiger partial charge in [-0.3, -0.25) is 0 Å². The summed E-state index contributed by atoms with van der Waals surface area (Å²) in [6, 6.07) is 83.8. The first kappa shape index (κ1) is 33.6. The van der Waals surface area contributed by atoms with Crippen molar-refractivity contribution in [1.29, 1.82) is 0 Å². The second-order valence-corrected chi connectivity index (χ2v) is 14.9. The third kappa shape index (κ3) is 5.66. The Labute approximate surface area is 338 Å². The van der Waals surface area contributed by atoms with Crippen molar-refractivity contribution < 1.29 is 0 Å². The fourth-order valence-electron chi connectivity index (χ4n) is 8.92. The third-order valence-corrected chi connectivity index (χ3v) is 11.6. The molecule has 2 heteroatoms. The zero-order valence-electron chi connectivity index (χ0n) is 31.8. The number of hydrogen-bond acceptors (Lipinski definition) is 1. The Bertz CT molecular complexity index is 3220. The van der Waals surface area contributed by atoms with E-state index >= 15 is 0 Å². The minimum absolute atomic E-state index is 1.08. The molecule has 0 amide bonds. The molecule has 0 N–H and O–H groups in total. The lowest BCUT2D eigenvalue weighted by molar-refractivity contribution is 1.18. The van der Waals surface area contributed by atoms with Crippen molar-refractivity contribution in [3.63, 3.8) is 0 Å². The third-order valence-electron chi connectivity index (χ3n) is 11.6. The number of hydrogen-bond donors (Lipinski definition) is 0. The maximum Gasteiger partial charge on any atom is 0.0546 e. The number of fused-ring (bicyclic) bond motifs is 5. The summed E-state index contributed by atoms with van der Waals surface area (Å²) in [5.41, 5.74) is 14.0. The first-order valence-corrected chi connectivity index (χ1v) is 19.9. The van der Waals surface area contributed by atoms with Gasteiger partial charge in [0.15, 0.2) is 0 Å². The number of benzene rings is 10. The van der Waals surface area contributed by atoms with E-state index in [2.05, 4.69) is 240 Å². The van der Waals surface area contributed by atoms with E-state index in [0.29, 0.717) is 0 Å². The van der Waals surface area contributed by atoms with Crippen LogP contribution in [0.3, 0.4) is 0 Å². The summed E-state index contributed by atoms with van der Waals surface area (Å²) < 4.78 is 2.42. The Morgan fingerprint density at radius 1 is 0.293 bits per heavy atom. The first-order valence-electron chi connectivity index (χ1n) is 19.9. The van der Waals surface area contributed by atoms with E-state index in [-0.39, 0.29) is 0 Å². The molecule has 0 saturated carbocycles. The summed E-state index contributed by atoms with van der Waals surface area (Å²) in [6.07, 6.45) is 0. The van der Waals surface area contributed by atoms with E-state index in [9.17, 15) is 0 Å². The molecule has 11 rings (SSSR count). The highest BCUT2D eigenvalue weighted by atomic mass is 15.1. The Hall–Kier alpha value is -7.68. The summed E-state index contributed by atoms with van der Waals surface area (Å²) in [7, 11) is 0. The number of nitrogens with zero attached hydrogens (tertiary/aromatic N) is 2. The molecule has 0 aliphatic heterocycles. The van der Waals surface area contributed by atoms with Gasteiger partial charge in [-0.25, -0.2) is 0 Å². The van der Waals surface area contributed by atoms with Gasteiger partial charge in [-0.2, -0.15) is 0 Å². The molecule has 0 unspecified atom stereocenters. The van der Waals surface area contributed by atoms with Gasteiger partial charge in [0.2, 0.25) is 0 Å². The fraction of sp³-hybridized carbons (Fsp3) is 0. The molecule has 58 heavy (non-hydrogen) atoms. The van der Waals surface area contributed by atoms with Crippen LogP contribution in [0.5, 0.6) is 0 Å². The summed E-state index contributed by atoms with van der Waals surface area (Å²) >= 11 is 0. The number of para-hydroxylation sites is 3. The SMILES string of the molecule is c1ccc(-c2ccc(-c3cccc4ccccc34)cc2N(c2ccc(-c3ccccc3-n3c4ccccc4c4ccccc43)cc2)c2cccc3ccccc23)cc1. The van der Waals surface area contributed by atoms with Gasteiger partial charge in [0, 0.05) is 33.0 Å². The zero-order valence-corrected chi connectivity index (χ0v) is 31.8. The van der Waals surface area contributed by atoms with Gasteiger partial charge in [-0.1, -0.05) is 188 Å². The second-order valence-electron chi connectivity index (χ2n) is 14.9. The van der Waals surface area contributed by atoms with Crippen molar-refractivity contribution >= 4 is 60.4 Å². The normalized spacial score (nSPS) is 11.4. The van der Waals surface area contributed by atoms with Crippen LogP contribution in [-0.4, -0.2) is 4.57 Å². The molecular weight excluding hydrogens is 701 g/mol. The maximum absolute atomic E-state index is 2.46. The van der Waals surface area contributed by atoms with Crippen molar-refractivity contribution in [2.75, 3.05) is 4.90 Å². The van der Waals surface area contributed by atoms with Crippen molar-refractivity contribution in [3.05, 3.63) is 231 Å². The van der Waals surface area contributed by atoms with Gasteiger partial charge < -0.3 is 9.47 Å². The quantitative estimate of drug-likeness (QED) is 0.158. The van der Waals surface area contributed by atoms with Crippen LogP contribution in [0.25, 0.3) is 82.4 Å². The minimum Gasteiger partial charge on any atom is -0.309 e. The molecule has 0 saturated heterocycles. The fourth-order valence-corrected chi connectivity index (χ4v) is 8.92. The van der Waals surface area contributed by atoms with Crippen LogP contribution in [-0.2, 0) is 0 Å². The van der Waals surface area contributed by atoms with Crippen LogP contribution in [0, 0.1) is 0 Å². The van der Waals surface area contributed by atoms with Gasteiger partial charge in [0.05, 0.1) is 28.1 Å². The van der Waals surface area contributed by atoms with E-state index in [1.807, 2.05) is 0 Å². The number of anilines is 3. The van der Waals surface area contributed by atoms with Gasteiger partial charge in [-0.05, 0) is 80.9 Å². The lowest BCUT2D eigenvalue weighted by atomic mass is 9.93. The molecular formula is C56H38N2. The highest BCUT2D eigenvalue weighted by molar-refractivity contribution is 6.10. The molecule has 2 nitrogen and oxygen atoms in total. The highest BCUT2D eigenvalue weighted by Crippen LogP contribution is 2.46. The Kier molecular flexibility index (Phi) is 8.19. The Morgan fingerprint density at radius 3 is 1.55 bits per heavy atom. The smallest absolute Gasteiger partial charge is 0.0546 e. The molecule has 11 aromatic rings. The van der Waals surface area contributed by atoms with Crippen molar-refractivity contribution in [2.45, 2.75) is 0 Å². The van der Waals surface area contributed by atoms with E-state index in [4.69, 9.17) is 0 Å². The molecule has 0 radical (unpaired) electrons. The summed E-state index contributed by atoms with van der Waals surface area (Å²) in [4.78, 5) is 2.46. The van der Waals surface area contributed by atoms with Crippen LogP contribution >= 0.6 is 0 Å². The lowest BCUT2D eigenvalue weighted by Gasteiger charge is -2.30. The van der Waals surface area contributed by atoms with Crippen LogP contribution in [0.15, 0.2) is 231 Å². The van der Waals surface area contributed by atoms with Gasteiger partial charge in [0.25, 0.3) is 0 Å². The molecule has 1 heterocycles. The molecule has 0 spiro atoms. The Morgan fingerprint density at radius 2 is 0.810 bits per heavy atom. The lowest BCUT2D eigenvalue weighted by Crippen LogP contribution is -2.12. The van der Waals surface area contributed by atoms with E-state index in [1.54, 1.807) is 0 Å². The highest BCUT2D eigenvalue weighted by Gasteiger charge is 2.22. The predicted octanol–water partition coefficient (Wildman–Crippen LogP) is 15.6. The summed E-state index contributed by atoms with van der Waals surface area (Å²) in [5, 5.41) is 7.39. The number of rotatable bonds is 7. The Balaban J connectivity index is 1.13. The average Bonchev–Trinajstić information content (AvgIpc) is 3.64. The van der Waals surface area contributed by atoms with Crippen LogP contribution in [0.1, 0.15) is 0 Å². The van der Waals surface area contributed by atoms with Gasteiger partial charge in [0.1, 0.15) is 0 Å². The molecule has 10 aromatic carbocycles. The largest absolute Gasteiger partial charge is 0.309 e. The maximum atomic E-state index is 2.46.